The summed E-state index contributed by atoms with van der Waals surface area (Å²) in [5, 5.41) is 11.3. The number of anilines is 1. The monoisotopic (exact) mass is 428 g/mol. The average Bonchev–Trinajstić information content (AvgIpc) is 3.13. The molecule has 11 heteroatoms. The third kappa shape index (κ3) is 5.06. The average molecular weight is 428 g/mol. The largest absolute Gasteiger partial charge is 0.491 e. The predicted molar refractivity (Wildman–Crippen MR) is 111 cm³/mol. The first kappa shape index (κ1) is 21.1. The molecule has 0 aliphatic carbocycles. The second-order valence-electron chi connectivity index (χ2n) is 6.33. The molecular formula is C19H20N6O4S. The molecule has 2 amide bonds. The number of carbonyl (C=O) groups excluding carboxylic acids is 2. The Morgan fingerprint density at radius 1 is 1.27 bits per heavy atom. The zero-order chi connectivity index (χ0) is 21.7. The molecule has 0 unspecified atom stereocenters. The van der Waals surface area contributed by atoms with Crippen molar-refractivity contribution < 1.29 is 14.3 Å². The van der Waals surface area contributed by atoms with Crippen LogP contribution in [0.5, 0.6) is 5.75 Å². The number of nitrogens with two attached hydrogens (primary N) is 1. The number of pyridine rings is 1. The van der Waals surface area contributed by atoms with Gasteiger partial charge >= 0.3 is 0 Å². The number of carbonyl (C=O) groups is 2. The van der Waals surface area contributed by atoms with Crippen molar-refractivity contribution in [2.45, 2.75) is 17.5 Å². The number of benzene rings is 1. The molecular weight excluding hydrogens is 408 g/mol. The van der Waals surface area contributed by atoms with E-state index < -0.39 is 5.91 Å². The van der Waals surface area contributed by atoms with Crippen LogP contribution >= 0.6 is 11.8 Å². The van der Waals surface area contributed by atoms with E-state index in [0.717, 1.165) is 0 Å². The highest BCUT2D eigenvalue weighted by Crippen LogP contribution is 2.20. The third-order valence-corrected chi connectivity index (χ3v) is 5.26. The molecule has 3 N–H and O–H groups in total. The van der Waals surface area contributed by atoms with Crippen molar-refractivity contribution in [2.75, 3.05) is 12.4 Å². The highest BCUT2D eigenvalue weighted by Gasteiger charge is 2.13. The van der Waals surface area contributed by atoms with Gasteiger partial charge in [-0.25, -0.2) is 0 Å². The molecule has 30 heavy (non-hydrogen) atoms. The van der Waals surface area contributed by atoms with E-state index in [1.54, 1.807) is 27.6 Å². The predicted octanol–water partition coefficient (Wildman–Crippen LogP) is 1.02. The highest BCUT2D eigenvalue weighted by atomic mass is 32.2. The summed E-state index contributed by atoms with van der Waals surface area (Å²) < 4.78 is 8.52. The number of amides is 2. The second-order valence-corrected chi connectivity index (χ2v) is 7.27. The zero-order valence-electron chi connectivity index (χ0n) is 16.4. The van der Waals surface area contributed by atoms with Crippen molar-refractivity contribution in [2.24, 2.45) is 12.8 Å². The van der Waals surface area contributed by atoms with E-state index in [1.807, 2.05) is 7.05 Å². The van der Waals surface area contributed by atoms with E-state index in [2.05, 4.69) is 15.5 Å². The molecule has 2 heterocycles. The maximum Gasteiger partial charge on any atom is 0.248 e. The fourth-order valence-corrected chi connectivity index (χ4v) is 3.52. The Hall–Kier alpha value is -3.60. The van der Waals surface area contributed by atoms with Gasteiger partial charge in [-0.3, -0.25) is 14.4 Å². The van der Waals surface area contributed by atoms with Crippen LogP contribution in [-0.4, -0.2) is 38.3 Å². The molecule has 3 rings (SSSR count). The first-order valence-corrected chi connectivity index (χ1v) is 9.80. The van der Waals surface area contributed by atoms with Gasteiger partial charge in [-0.2, -0.15) is 0 Å². The molecule has 10 nitrogen and oxygen atoms in total. The standard InChI is InChI=1S/C19H20N6O4S/c1-24-11-21-23-19(24)30-10-14-7-15(26)16(29-2)8-25(14)9-17(27)22-13-5-3-12(4-6-13)18(20)28/h3-8,11H,9-10H2,1-2H3,(H2,20,28)(H,22,27). The normalized spacial score (nSPS) is 10.6. The summed E-state index contributed by atoms with van der Waals surface area (Å²) in [5.74, 6) is -0.302. The Morgan fingerprint density at radius 2 is 2.00 bits per heavy atom. The number of hydrogen-bond acceptors (Lipinski definition) is 7. The van der Waals surface area contributed by atoms with Gasteiger partial charge in [0.1, 0.15) is 12.9 Å². The zero-order valence-corrected chi connectivity index (χ0v) is 17.2. The molecule has 0 fully saturated rings. The van der Waals surface area contributed by atoms with Crippen LogP contribution in [0, 0.1) is 0 Å². The molecule has 2 aromatic heterocycles. The SMILES string of the molecule is COc1cn(CC(=O)Nc2ccc(C(N)=O)cc2)c(CSc2nncn2C)cc1=O. The summed E-state index contributed by atoms with van der Waals surface area (Å²) in [7, 11) is 3.22. The van der Waals surface area contributed by atoms with Gasteiger partial charge < -0.3 is 24.9 Å². The van der Waals surface area contributed by atoms with Crippen LogP contribution in [0.1, 0.15) is 16.1 Å². The van der Waals surface area contributed by atoms with E-state index >= 15 is 0 Å². The van der Waals surface area contributed by atoms with Crippen molar-refractivity contribution in [3.63, 3.8) is 0 Å². The van der Waals surface area contributed by atoms with Gasteiger partial charge in [-0.1, -0.05) is 11.8 Å². The molecule has 1 aromatic carbocycles. The number of aryl methyl sites for hydroxylation is 1. The van der Waals surface area contributed by atoms with Crippen LogP contribution in [0.3, 0.4) is 0 Å². The van der Waals surface area contributed by atoms with Gasteiger partial charge in [0, 0.05) is 35.8 Å². The number of aromatic nitrogens is 4. The molecule has 0 saturated heterocycles. The molecule has 0 radical (unpaired) electrons. The summed E-state index contributed by atoms with van der Waals surface area (Å²) in [4.78, 5) is 35.9. The maximum atomic E-state index is 12.5. The lowest BCUT2D eigenvalue weighted by atomic mass is 10.2. The lowest BCUT2D eigenvalue weighted by molar-refractivity contribution is -0.116. The smallest absolute Gasteiger partial charge is 0.248 e. The highest BCUT2D eigenvalue weighted by molar-refractivity contribution is 7.98. The quantitative estimate of drug-likeness (QED) is 0.512. The van der Waals surface area contributed by atoms with Gasteiger partial charge in [0.2, 0.25) is 17.2 Å². The number of methoxy groups -OCH3 is 1. The summed E-state index contributed by atoms with van der Waals surface area (Å²) in [6, 6.07) is 7.69. The first-order valence-electron chi connectivity index (χ1n) is 8.81. The summed E-state index contributed by atoms with van der Waals surface area (Å²) in [5.41, 5.74) is 6.45. The molecule has 0 bridgehead atoms. The summed E-state index contributed by atoms with van der Waals surface area (Å²) >= 11 is 1.39. The van der Waals surface area contributed by atoms with Gasteiger partial charge in [0.05, 0.1) is 13.3 Å². The fraction of sp³-hybridized carbons (Fsp3) is 0.211. The van der Waals surface area contributed by atoms with E-state index in [4.69, 9.17) is 10.5 Å². The van der Waals surface area contributed by atoms with Crippen molar-refractivity contribution in [3.8, 4) is 5.75 Å². The topological polar surface area (TPSA) is 134 Å². The minimum atomic E-state index is -0.543. The van der Waals surface area contributed by atoms with Crippen molar-refractivity contribution in [3.05, 3.63) is 64.3 Å². The number of rotatable bonds is 8. The molecule has 3 aromatic rings. The van der Waals surface area contributed by atoms with Crippen LogP contribution < -0.4 is 21.2 Å². The number of ether oxygens (including phenoxy) is 1. The first-order chi connectivity index (χ1) is 14.4. The second kappa shape index (κ2) is 9.27. The van der Waals surface area contributed by atoms with E-state index in [0.29, 0.717) is 27.9 Å². The van der Waals surface area contributed by atoms with Crippen molar-refractivity contribution in [1.29, 1.82) is 0 Å². The lowest BCUT2D eigenvalue weighted by Gasteiger charge is -2.15. The molecule has 0 aliphatic rings. The Labute approximate surface area is 176 Å². The van der Waals surface area contributed by atoms with E-state index in [-0.39, 0.29) is 23.6 Å². The van der Waals surface area contributed by atoms with Crippen molar-refractivity contribution >= 4 is 29.3 Å². The molecule has 156 valence electrons. The van der Waals surface area contributed by atoms with Crippen LogP contribution in [0.25, 0.3) is 0 Å². The summed E-state index contributed by atoms with van der Waals surface area (Å²) in [6.45, 7) is -0.0388. The van der Waals surface area contributed by atoms with Crippen LogP contribution in [0.2, 0.25) is 0 Å². The summed E-state index contributed by atoms with van der Waals surface area (Å²) in [6.07, 6.45) is 3.09. The number of nitrogens with one attached hydrogen (secondary N) is 1. The Kier molecular flexibility index (Phi) is 6.52. The molecule has 0 saturated carbocycles. The maximum absolute atomic E-state index is 12.5. The third-order valence-electron chi connectivity index (χ3n) is 4.19. The fourth-order valence-electron chi connectivity index (χ4n) is 2.63. The van der Waals surface area contributed by atoms with E-state index in [1.165, 1.54) is 43.3 Å². The number of nitrogens with zero attached hydrogens (tertiary/aromatic N) is 4. The minimum Gasteiger partial charge on any atom is -0.491 e. The Bertz CT molecular complexity index is 1120. The number of primary amides is 1. The lowest BCUT2D eigenvalue weighted by Crippen LogP contribution is -2.23. The number of thioether (sulfide) groups is 1. The molecule has 0 aliphatic heterocycles. The Morgan fingerprint density at radius 3 is 2.60 bits per heavy atom. The Balaban J connectivity index is 1.77. The van der Waals surface area contributed by atoms with Crippen LogP contribution in [0.4, 0.5) is 5.69 Å². The van der Waals surface area contributed by atoms with Crippen LogP contribution in [0.15, 0.2) is 52.8 Å². The van der Waals surface area contributed by atoms with Crippen LogP contribution in [-0.2, 0) is 24.1 Å². The van der Waals surface area contributed by atoms with Gasteiger partial charge in [-0.15, -0.1) is 10.2 Å². The van der Waals surface area contributed by atoms with Gasteiger partial charge in [-0.05, 0) is 24.3 Å². The molecule has 0 atom stereocenters. The van der Waals surface area contributed by atoms with Crippen molar-refractivity contribution in [1.82, 2.24) is 19.3 Å². The number of hydrogen-bond donors (Lipinski definition) is 2. The molecule has 0 spiro atoms. The van der Waals surface area contributed by atoms with Gasteiger partial charge in [0.25, 0.3) is 0 Å². The minimum absolute atomic E-state index is 0.0388. The van der Waals surface area contributed by atoms with E-state index in [9.17, 15) is 14.4 Å². The van der Waals surface area contributed by atoms with Gasteiger partial charge in [0.15, 0.2) is 10.9 Å².